The zero-order valence-corrected chi connectivity index (χ0v) is 14.6. The standard InChI is InChI=1S/C14H14O4Se2/c1-9(15)7-19-13(17)11-4-3-5-12(6-11)14(18)20-8-10(2)16/h3-6H,7-8H2,1-2H3. The second kappa shape index (κ2) is 8.28. The van der Waals surface area contributed by atoms with Gasteiger partial charge in [-0.2, -0.15) is 0 Å². The van der Waals surface area contributed by atoms with Gasteiger partial charge in [-0.25, -0.2) is 0 Å². The Morgan fingerprint density at radius 2 is 1.25 bits per heavy atom. The third-order valence-corrected chi connectivity index (χ3v) is 6.55. The van der Waals surface area contributed by atoms with Gasteiger partial charge in [-0.1, -0.05) is 0 Å². The number of ketones is 2. The van der Waals surface area contributed by atoms with Crippen molar-refractivity contribution in [2.24, 2.45) is 0 Å². The maximum atomic E-state index is 11.9. The van der Waals surface area contributed by atoms with E-state index in [9.17, 15) is 19.2 Å². The average Bonchev–Trinajstić information content (AvgIpc) is 2.42. The Kier molecular flexibility index (Phi) is 7.03. The molecule has 0 N–H and O–H groups in total. The minimum absolute atomic E-state index is 0.00428. The third-order valence-electron chi connectivity index (χ3n) is 2.15. The van der Waals surface area contributed by atoms with E-state index in [1.807, 2.05) is 0 Å². The van der Waals surface area contributed by atoms with Crippen molar-refractivity contribution >= 4 is 50.8 Å². The van der Waals surface area contributed by atoms with Crippen LogP contribution in [0.25, 0.3) is 0 Å². The molecule has 0 heterocycles. The summed E-state index contributed by atoms with van der Waals surface area (Å²) in [6.45, 7) is 2.92. The van der Waals surface area contributed by atoms with Gasteiger partial charge in [-0.05, 0) is 0 Å². The van der Waals surface area contributed by atoms with Gasteiger partial charge >= 0.3 is 130 Å². The zero-order chi connectivity index (χ0) is 15.1. The Morgan fingerprint density at radius 3 is 1.60 bits per heavy atom. The van der Waals surface area contributed by atoms with Crippen molar-refractivity contribution in [3.05, 3.63) is 35.4 Å². The van der Waals surface area contributed by atoms with Gasteiger partial charge in [-0.3, -0.25) is 0 Å². The molecule has 0 aliphatic carbocycles. The molecule has 0 aliphatic heterocycles. The van der Waals surface area contributed by atoms with E-state index >= 15 is 0 Å². The van der Waals surface area contributed by atoms with E-state index in [-0.39, 0.29) is 31.6 Å². The molecule has 20 heavy (non-hydrogen) atoms. The number of hydrogen-bond acceptors (Lipinski definition) is 4. The SMILES string of the molecule is CC(=O)C[Se]C(=O)c1cccc(C(=O)[Se]CC(C)=O)c1. The van der Waals surface area contributed by atoms with Crippen molar-refractivity contribution in [3.8, 4) is 0 Å². The molecule has 0 bridgehead atoms. The summed E-state index contributed by atoms with van der Waals surface area (Å²) in [5.74, 6) is -0.00857. The average molecular weight is 404 g/mol. The van der Waals surface area contributed by atoms with E-state index in [1.54, 1.807) is 24.3 Å². The van der Waals surface area contributed by atoms with E-state index in [0.717, 1.165) is 0 Å². The van der Waals surface area contributed by atoms with Crippen molar-refractivity contribution < 1.29 is 19.2 Å². The Hall–Kier alpha value is -1.06. The fourth-order valence-corrected chi connectivity index (χ4v) is 3.91. The molecule has 1 rings (SSSR count). The van der Waals surface area contributed by atoms with Crippen molar-refractivity contribution in [1.29, 1.82) is 0 Å². The summed E-state index contributed by atoms with van der Waals surface area (Å²) in [6.07, 6.45) is 0. The zero-order valence-electron chi connectivity index (χ0n) is 11.2. The first-order chi connectivity index (χ1) is 9.40. The molecule has 1 aromatic rings. The molecule has 0 atom stereocenters. The molecule has 0 fully saturated rings. The van der Waals surface area contributed by atoms with Crippen LogP contribution in [0.1, 0.15) is 34.6 Å². The number of hydrogen-bond donors (Lipinski definition) is 0. The van der Waals surface area contributed by atoms with Crippen LogP contribution < -0.4 is 0 Å². The van der Waals surface area contributed by atoms with E-state index in [1.165, 1.54) is 13.8 Å². The summed E-state index contributed by atoms with van der Waals surface area (Å²) in [5.41, 5.74) is 0.937. The van der Waals surface area contributed by atoms with Gasteiger partial charge in [-0.15, -0.1) is 0 Å². The van der Waals surface area contributed by atoms with Gasteiger partial charge in [0.25, 0.3) is 0 Å². The molecule has 0 aliphatic rings. The first kappa shape index (κ1) is 17.0. The molecule has 0 aromatic heterocycles. The van der Waals surface area contributed by atoms with Crippen LogP contribution in [0.3, 0.4) is 0 Å². The van der Waals surface area contributed by atoms with E-state index in [4.69, 9.17) is 0 Å². The molecular weight excluding hydrogens is 390 g/mol. The monoisotopic (exact) mass is 406 g/mol. The van der Waals surface area contributed by atoms with Crippen molar-refractivity contribution in [2.45, 2.75) is 24.5 Å². The second-order valence-corrected chi connectivity index (χ2v) is 8.12. The number of carbonyl (C=O) groups excluding carboxylic acids is 4. The molecule has 0 amide bonds. The predicted molar refractivity (Wildman–Crippen MR) is 77.6 cm³/mol. The topological polar surface area (TPSA) is 68.3 Å². The Balaban J connectivity index is 2.74. The summed E-state index contributed by atoms with van der Waals surface area (Å²) in [6, 6.07) is 6.53. The van der Waals surface area contributed by atoms with Crippen LogP contribution in [0.15, 0.2) is 24.3 Å². The summed E-state index contributed by atoms with van der Waals surface area (Å²) in [7, 11) is 0. The minimum atomic E-state index is -0.419. The fraction of sp³-hybridized carbons (Fsp3) is 0.286. The van der Waals surface area contributed by atoms with Gasteiger partial charge in [0.15, 0.2) is 0 Å². The predicted octanol–water partition coefficient (Wildman–Crippen LogP) is 1.39. The summed E-state index contributed by atoms with van der Waals surface area (Å²) >= 11 is -0.837. The van der Waals surface area contributed by atoms with Crippen LogP contribution in [0.2, 0.25) is 10.6 Å². The molecule has 6 heteroatoms. The van der Waals surface area contributed by atoms with Gasteiger partial charge in [0.05, 0.1) is 0 Å². The van der Waals surface area contributed by atoms with Crippen LogP contribution in [-0.4, -0.2) is 50.8 Å². The van der Waals surface area contributed by atoms with E-state index in [0.29, 0.717) is 11.1 Å². The Labute approximate surface area is 130 Å². The van der Waals surface area contributed by atoms with Gasteiger partial charge < -0.3 is 0 Å². The first-order valence-corrected chi connectivity index (χ1v) is 9.97. The maximum absolute atomic E-state index is 11.9. The number of rotatable bonds is 8. The number of benzene rings is 1. The van der Waals surface area contributed by atoms with Crippen molar-refractivity contribution in [1.82, 2.24) is 0 Å². The van der Waals surface area contributed by atoms with E-state index < -0.39 is 29.9 Å². The Morgan fingerprint density at radius 1 is 0.850 bits per heavy atom. The van der Waals surface area contributed by atoms with Crippen LogP contribution in [0, 0.1) is 0 Å². The molecule has 0 saturated heterocycles. The normalized spacial score (nSPS) is 10.1. The first-order valence-electron chi connectivity index (χ1n) is 5.83. The molecule has 1 aromatic carbocycles. The molecule has 0 spiro atoms. The van der Waals surface area contributed by atoms with Crippen molar-refractivity contribution in [2.75, 3.05) is 0 Å². The van der Waals surface area contributed by atoms with Crippen LogP contribution in [0.5, 0.6) is 0 Å². The second-order valence-electron chi connectivity index (χ2n) is 4.14. The number of carbonyl (C=O) groups is 4. The quantitative estimate of drug-likeness (QED) is 0.615. The molecular formula is C14H14O4Se2. The molecule has 0 radical (unpaired) electrons. The molecule has 0 unspecified atom stereocenters. The fourth-order valence-electron chi connectivity index (χ4n) is 1.27. The van der Waals surface area contributed by atoms with Crippen LogP contribution in [0.4, 0.5) is 0 Å². The third kappa shape index (κ3) is 5.93. The van der Waals surface area contributed by atoms with E-state index in [2.05, 4.69) is 0 Å². The van der Waals surface area contributed by atoms with Crippen molar-refractivity contribution in [3.63, 3.8) is 0 Å². The summed E-state index contributed by atoms with van der Waals surface area (Å²) in [4.78, 5) is 45.6. The van der Waals surface area contributed by atoms with Gasteiger partial charge in [0.2, 0.25) is 0 Å². The molecule has 0 saturated carbocycles. The molecule has 106 valence electrons. The van der Waals surface area contributed by atoms with Crippen LogP contribution in [-0.2, 0) is 9.59 Å². The number of Topliss-reactive ketones (excluding diaryl/α,β-unsaturated/α-hetero) is 2. The summed E-state index contributed by atoms with van der Waals surface area (Å²) < 4.78 is -0.164. The van der Waals surface area contributed by atoms with Gasteiger partial charge in [0, 0.05) is 0 Å². The Bertz CT molecular complexity index is 507. The van der Waals surface area contributed by atoms with Crippen LogP contribution >= 0.6 is 0 Å². The van der Waals surface area contributed by atoms with Gasteiger partial charge in [0.1, 0.15) is 0 Å². The summed E-state index contributed by atoms with van der Waals surface area (Å²) in [5, 5.41) is 0.552. The molecule has 4 nitrogen and oxygen atoms in total.